The number of nitrogens with zero attached hydrogens (tertiary/aromatic N) is 2. The Morgan fingerprint density at radius 3 is 2.61 bits per heavy atom. The number of methoxy groups -OCH3 is 1. The number of nitrogens with two attached hydrogens (primary N) is 1. The third-order valence-corrected chi connectivity index (χ3v) is 4.74. The summed E-state index contributed by atoms with van der Waals surface area (Å²) in [7, 11) is 1.52. The van der Waals surface area contributed by atoms with Crippen LogP contribution in [0.4, 0.5) is 8.78 Å². The van der Waals surface area contributed by atoms with E-state index in [4.69, 9.17) is 10.5 Å². The summed E-state index contributed by atoms with van der Waals surface area (Å²) < 4.78 is 35.4. The maximum absolute atomic E-state index is 12.7. The first kappa shape index (κ1) is 21.3. The summed E-state index contributed by atoms with van der Waals surface area (Å²) in [6, 6.07) is 7.45. The molecule has 2 aromatic rings. The summed E-state index contributed by atoms with van der Waals surface area (Å²) in [5.74, 6) is -0.936. The average Bonchev–Trinajstić information content (AvgIpc) is 2.93. The highest BCUT2D eigenvalue weighted by atomic mass is 32.1. The Morgan fingerprint density at radius 1 is 1.39 bits per heavy atom. The Labute approximate surface area is 162 Å². The van der Waals surface area contributed by atoms with E-state index in [1.807, 2.05) is 0 Å². The number of alkyl halides is 2. The van der Waals surface area contributed by atoms with Gasteiger partial charge in [0.05, 0.1) is 4.53 Å². The molecule has 2 rings (SSSR count). The summed E-state index contributed by atoms with van der Waals surface area (Å²) in [5.41, 5.74) is 5.12. The van der Waals surface area contributed by atoms with E-state index in [9.17, 15) is 23.6 Å². The molecule has 28 heavy (non-hydrogen) atoms. The first-order valence-electron chi connectivity index (χ1n) is 8.06. The SMILES string of the molecule is COCCCn1c(=O)/c(=C/c2ccc(OC(F)F)cc2)s/c1=C(/C#N)C(N)=O. The summed E-state index contributed by atoms with van der Waals surface area (Å²) in [5, 5.41) is 9.23. The van der Waals surface area contributed by atoms with Crippen molar-refractivity contribution in [2.45, 2.75) is 19.6 Å². The minimum absolute atomic E-state index is 0.00942. The molecule has 10 heteroatoms. The van der Waals surface area contributed by atoms with Gasteiger partial charge in [-0.1, -0.05) is 12.1 Å². The third-order valence-electron chi connectivity index (χ3n) is 3.61. The molecule has 148 valence electrons. The van der Waals surface area contributed by atoms with Gasteiger partial charge in [0.2, 0.25) is 0 Å². The third kappa shape index (κ3) is 5.25. The number of ether oxygens (including phenoxy) is 2. The van der Waals surface area contributed by atoms with Crippen molar-refractivity contribution in [1.29, 1.82) is 5.26 Å². The highest BCUT2D eigenvalue weighted by Gasteiger charge is 2.13. The van der Waals surface area contributed by atoms with E-state index in [0.29, 0.717) is 18.6 Å². The number of nitriles is 1. The Kier molecular flexibility index (Phi) is 7.43. The van der Waals surface area contributed by atoms with Crippen molar-refractivity contribution in [3.05, 3.63) is 49.4 Å². The number of primary amides is 1. The zero-order chi connectivity index (χ0) is 20.7. The molecule has 0 atom stereocenters. The normalized spacial score (nSPS) is 12.8. The number of rotatable bonds is 8. The molecule has 0 saturated heterocycles. The average molecular weight is 409 g/mol. The Balaban J connectivity index is 2.56. The van der Waals surface area contributed by atoms with E-state index in [-0.39, 0.29) is 27.1 Å². The molecule has 0 bridgehead atoms. The lowest BCUT2D eigenvalue weighted by Crippen LogP contribution is -2.34. The minimum Gasteiger partial charge on any atom is -0.435 e. The fraction of sp³-hybridized carbons (Fsp3) is 0.278. The van der Waals surface area contributed by atoms with Crippen LogP contribution >= 0.6 is 11.3 Å². The van der Waals surface area contributed by atoms with Crippen molar-refractivity contribution < 1.29 is 23.0 Å². The molecule has 2 N–H and O–H groups in total. The maximum Gasteiger partial charge on any atom is 0.387 e. The molecule has 0 aliphatic carbocycles. The number of benzene rings is 1. The standard InChI is InChI=1S/C18H17F2N3O4S/c1-26-8-2-7-23-16(25)14(28-17(23)13(10-21)15(22)24)9-11-3-5-12(6-4-11)27-18(19)20/h3-6,9,18H,2,7-8H2,1H3,(H2,22,24)/b14-9-,17-13-. The van der Waals surface area contributed by atoms with Gasteiger partial charge >= 0.3 is 6.61 Å². The lowest BCUT2D eigenvalue weighted by atomic mass is 10.2. The van der Waals surface area contributed by atoms with Gasteiger partial charge in [-0.15, -0.1) is 11.3 Å². The van der Waals surface area contributed by atoms with Crippen LogP contribution in [0, 0.1) is 11.3 Å². The van der Waals surface area contributed by atoms with E-state index < -0.39 is 18.1 Å². The molecule has 0 radical (unpaired) electrons. The smallest absolute Gasteiger partial charge is 0.387 e. The fourth-order valence-corrected chi connectivity index (χ4v) is 3.51. The van der Waals surface area contributed by atoms with E-state index in [1.54, 1.807) is 6.07 Å². The van der Waals surface area contributed by atoms with Crippen LogP contribution in [0.2, 0.25) is 0 Å². The molecule has 7 nitrogen and oxygen atoms in total. The van der Waals surface area contributed by atoms with Gasteiger partial charge in [-0.05, 0) is 30.2 Å². The van der Waals surface area contributed by atoms with Gasteiger partial charge in [-0.3, -0.25) is 14.2 Å². The van der Waals surface area contributed by atoms with Gasteiger partial charge in [0, 0.05) is 20.3 Å². The molecule has 0 saturated carbocycles. The topological polar surface area (TPSA) is 107 Å². The predicted molar refractivity (Wildman–Crippen MR) is 99.2 cm³/mol. The van der Waals surface area contributed by atoms with Crippen LogP contribution in [-0.4, -0.2) is 30.8 Å². The number of thiazole rings is 1. The van der Waals surface area contributed by atoms with Crippen molar-refractivity contribution in [2.75, 3.05) is 13.7 Å². The molecular weight excluding hydrogens is 392 g/mol. The predicted octanol–water partition coefficient (Wildman–Crippen LogP) is 0.536. The summed E-state index contributed by atoms with van der Waals surface area (Å²) in [6.45, 7) is -2.29. The number of aromatic nitrogens is 1. The van der Waals surface area contributed by atoms with Crippen molar-refractivity contribution in [3.8, 4) is 11.8 Å². The molecule has 1 heterocycles. The number of carbonyl (C=O) groups is 1. The zero-order valence-corrected chi connectivity index (χ0v) is 15.7. The number of hydrogen-bond donors (Lipinski definition) is 1. The van der Waals surface area contributed by atoms with Crippen LogP contribution in [0.5, 0.6) is 5.75 Å². The Morgan fingerprint density at radius 2 is 2.07 bits per heavy atom. The number of hydrogen-bond acceptors (Lipinski definition) is 6. The molecule has 1 aromatic carbocycles. The van der Waals surface area contributed by atoms with Gasteiger partial charge in [0.15, 0.2) is 5.57 Å². The molecule has 1 aromatic heterocycles. The second-order valence-electron chi connectivity index (χ2n) is 5.52. The van der Waals surface area contributed by atoms with Crippen LogP contribution in [-0.2, 0) is 16.1 Å². The molecule has 0 aliphatic heterocycles. The van der Waals surface area contributed by atoms with E-state index in [1.165, 1.54) is 42.0 Å². The fourth-order valence-electron chi connectivity index (χ4n) is 2.38. The lowest BCUT2D eigenvalue weighted by Gasteiger charge is -2.03. The second kappa shape index (κ2) is 9.77. The van der Waals surface area contributed by atoms with Crippen LogP contribution in [0.3, 0.4) is 0 Å². The van der Waals surface area contributed by atoms with Crippen molar-refractivity contribution >= 4 is 28.9 Å². The number of halogens is 2. The highest BCUT2D eigenvalue weighted by Crippen LogP contribution is 2.15. The Hall–Kier alpha value is -3.03. The van der Waals surface area contributed by atoms with Gasteiger partial charge in [0.25, 0.3) is 11.5 Å². The van der Waals surface area contributed by atoms with E-state index in [0.717, 1.165) is 11.3 Å². The molecule has 0 spiro atoms. The maximum atomic E-state index is 12.7. The lowest BCUT2D eigenvalue weighted by molar-refractivity contribution is -0.112. The van der Waals surface area contributed by atoms with E-state index in [2.05, 4.69) is 4.74 Å². The summed E-state index contributed by atoms with van der Waals surface area (Å²) >= 11 is 0.957. The highest BCUT2D eigenvalue weighted by molar-refractivity contribution is 7.07. The van der Waals surface area contributed by atoms with E-state index >= 15 is 0 Å². The first-order chi connectivity index (χ1) is 13.4. The Bertz CT molecular complexity index is 1050. The monoisotopic (exact) mass is 409 g/mol. The van der Waals surface area contributed by atoms with Crippen molar-refractivity contribution in [2.24, 2.45) is 5.73 Å². The van der Waals surface area contributed by atoms with Gasteiger partial charge in [0.1, 0.15) is 16.5 Å². The quantitative estimate of drug-likeness (QED) is 0.641. The number of amides is 1. The van der Waals surface area contributed by atoms with Gasteiger partial charge in [-0.25, -0.2) is 0 Å². The summed E-state index contributed by atoms with van der Waals surface area (Å²) in [6.07, 6.45) is 2.03. The van der Waals surface area contributed by atoms with Crippen LogP contribution in [0.15, 0.2) is 29.1 Å². The number of carbonyl (C=O) groups excluding carboxylic acids is 1. The summed E-state index contributed by atoms with van der Waals surface area (Å²) in [4.78, 5) is 24.3. The minimum atomic E-state index is -2.93. The van der Waals surface area contributed by atoms with Gasteiger partial charge in [-0.2, -0.15) is 14.0 Å². The molecule has 0 unspecified atom stereocenters. The zero-order valence-electron chi connectivity index (χ0n) is 14.9. The van der Waals surface area contributed by atoms with Crippen molar-refractivity contribution in [1.82, 2.24) is 4.57 Å². The molecule has 1 amide bonds. The molecule has 0 fully saturated rings. The first-order valence-corrected chi connectivity index (χ1v) is 8.88. The molecular formula is C18H17F2N3O4S. The van der Waals surface area contributed by atoms with Crippen LogP contribution in [0.1, 0.15) is 12.0 Å². The van der Waals surface area contributed by atoms with Crippen molar-refractivity contribution in [3.63, 3.8) is 0 Å². The van der Waals surface area contributed by atoms with Crippen LogP contribution < -0.4 is 25.2 Å². The van der Waals surface area contributed by atoms with Gasteiger partial charge < -0.3 is 15.2 Å². The largest absolute Gasteiger partial charge is 0.435 e. The second-order valence-corrected chi connectivity index (χ2v) is 6.55. The molecule has 0 aliphatic rings. The van der Waals surface area contributed by atoms with Crippen LogP contribution in [0.25, 0.3) is 11.6 Å².